The second-order valence-corrected chi connectivity index (χ2v) is 9.92. The molecule has 2 N–H and O–H groups in total. The summed E-state index contributed by atoms with van der Waals surface area (Å²) in [5, 5.41) is 16.9. The molecular weight excluding hydrogens is 527 g/mol. The summed E-state index contributed by atoms with van der Waals surface area (Å²) in [6, 6.07) is 5.34. The first-order valence-corrected chi connectivity index (χ1v) is 12.6. The number of aromatic nitrogens is 3. The zero-order valence-electron chi connectivity index (χ0n) is 18.5. The molecule has 0 aliphatic heterocycles. The first-order valence-electron chi connectivity index (χ1n) is 10.6. The lowest BCUT2D eigenvalue weighted by molar-refractivity contribution is 0.460. The monoisotopic (exact) mass is 562 g/mol. The Bertz CT molecular complexity index is 797. The lowest BCUT2D eigenvalue weighted by Gasteiger charge is -2.18. The van der Waals surface area contributed by atoms with E-state index in [0.717, 1.165) is 42.7 Å². The molecule has 0 saturated heterocycles. The van der Waals surface area contributed by atoms with Gasteiger partial charge in [0, 0.05) is 48.3 Å². The summed E-state index contributed by atoms with van der Waals surface area (Å²) in [7, 11) is 1.83. The molecule has 6 nitrogen and oxygen atoms in total. The third-order valence-electron chi connectivity index (χ3n) is 5.39. The molecule has 0 spiro atoms. The summed E-state index contributed by atoms with van der Waals surface area (Å²) in [5.41, 5.74) is 0. The predicted molar refractivity (Wildman–Crippen MR) is 140 cm³/mol. The van der Waals surface area contributed by atoms with Gasteiger partial charge in [0.25, 0.3) is 0 Å². The zero-order chi connectivity index (χ0) is 20.6. The molecule has 2 aromatic rings. The standard InChI is InChI=1S/C21H34N6S2.HI/c1-15(14-18-12-11-16(2)29-18)24-20(22-3)23-13-7-10-19-25-26-21(28-4)27(19)17-8-5-6-9-17;/h11-12,15,17H,5-10,13-14H2,1-4H3,(H2,22,23,24);1H. The highest BCUT2D eigenvalue weighted by atomic mass is 127. The molecule has 9 heteroatoms. The topological polar surface area (TPSA) is 67.1 Å². The van der Waals surface area contributed by atoms with Crippen LogP contribution in [0.15, 0.2) is 22.3 Å². The molecule has 1 atom stereocenters. The fourth-order valence-electron chi connectivity index (χ4n) is 3.98. The van der Waals surface area contributed by atoms with E-state index in [-0.39, 0.29) is 24.0 Å². The highest BCUT2D eigenvalue weighted by Gasteiger charge is 2.23. The van der Waals surface area contributed by atoms with E-state index < -0.39 is 0 Å². The molecule has 2 heterocycles. The smallest absolute Gasteiger partial charge is 0.191 e. The van der Waals surface area contributed by atoms with Gasteiger partial charge in [-0.15, -0.1) is 45.5 Å². The number of thioether (sulfide) groups is 1. The average Bonchev–Trinajstić information content (AvgIpc) is 3.44. The number of thiophene rings is 1. The van der Waals surface area contributed by atoms with Crippen molar-refractivity contribution in [1.82, 2.24) is 25.4 Å². The van der Waals surface area contributed by atoms with Gasteiger partial charge in [-0.25, -0.2) is 0 Å². The van der Waals surface area contributed by atoms with E-state index >= 15 is 0 Å². The molecule has 30 heavy (non-hydrogen) atoms. The van der Waals surface area contributed by atoms with Crippen molar-refractivity contribution in [3.63, 3.8) is 0 Å². The number of hydrogen-bond donors (Lipinski definition) is 2. The van der Waals surface area contributed by atoms with Crippen LogP contribution in [0, 0.1) is 6.92 Å². The van der Waals surface area contributed by atoms with E-state index in [9.17, 15) is 0 Å². The van der Waals surface area contributed by atoms with Gasteiger partial charge >= 0.3 is 0 Å². The Morgan fingerprint density at radius 1 is 1.33 bits per heavy atom. The Labute approximate surface area is 206 Å². The van der Waals surface area contributed by atoms with Gasteiger partial charge in [0.05, 0.1) is 0 Å². The summed E-state index contributed by atoms with van der Waals surface area (Å²) in [5.74, 6) is 2.00. The van der Waals surface area contributed by atoms with Gasteiger partial charge in [0.15, 0.2) is 11.1 Å². The highest BCUT2D eigenvalue weighted by Crippen LogP contribution is 2.33. The van der Waals surface area contributed by atoms with Crippen molar-refractivity contribution in [3.05, 3.63) is 27.7 Å². The van der Waals surface area contributed by atoms with Crippen LogP contribution in [0.4, 0.5) is 0 Å². The van der Waals surface area contributed by atoms with Crippen LogP contribution in [-0.2, 0) is 12.8 Å². The van der Waals surface area contributed by atoms with Crippen molar-refractivity contribution in [2.75, 3.05) is 19.8 Å². The Morgan fingerprint density at radius 3 is 2.73 bits per heavy atom. The molecule has 0 bridgehead atoms. The summed E-state index contributed by atoms with van der Waals surface area (Å²) in [6.45, 7) is 5.23. The van der Waals surface area contributed by atoms with Crippen LogP contribution in [-0.4, -0.2) is 46.6 Å². The van der Waals surface area contributed by atoms with E-state index in [2.05, 4.69) is 62.6 Å². The fraction of sp³-hybridized carbons (Fsp3) is 0.667. The van der Waals surface area contributed by atoms with Crippen LogP contribution < -0.4 is 10.6 Å². The summed E-state index contributed by atoms with van der Waals surface area (Å²) < 4.78 is 2.40. The number of aliphatic imine (C=N–C) groups is 1. The Kier molecular flexibility index (Phi) is 10.9. The quantitative estimate of drug-likeness (QED) is 0.151. The van der Waals surface area contributed by atoms with Crippen LogP contribution >= 0.6 is 47.1 Å². The molecule has 168 valence electrons. The molecule has 1 unspecified atom stereocenters. The van der Waals surface area contributed by atoms with Gasteiger partial charge in [-0.1, -0.05) is 24.6 Å². The van der Waals surface area contributed by atoms with Crippen LogP contribution in [0.2, 0.25) is 0 Å². The molecule has 2 aromatic heterocycles. The maximum atomic E-state index is 4.49. The minimum atomic E-state index is 0. The molecule has 1 aliphatic rings. The third kappa shape index (κ3) is 7.12. The zero-order valence-corrected chi connectivity index (χ0v) is 22.4. The molecule has 1 saturated carbocycles. The number of halogens is 1. The average molecular weight is 563 g/mol. The van der Waals surface area contributed by atoms with Crippen molar-refractivity contribution in [2.24, 2.45) is 4.99 Å². The number of rotatable bonds is 9. The maximum absolute atomic E-state index is 4.49. The molecule has 0 aromatic carbocycles. The first-order chi connectivity index (χ1) is 14.1. The minimum absolute atomic E-state index is 0. The summed E-state index contributed by atoms with van der Waals surface area (Å²) in [4.78, 5) is 7.16. The van der Waals surface area contributed by atoms with E-state index in [1.54, 1.807) is 11.8 Å². The Balaban J connectivity index is 0.00000320. The predicted octanol–water partition coefficient (Wildman–Crippen LogP) is 4.83. The summed E-state index contributed by atoms with van der Waals surface area (Å²) in [6.07, 6.45) is 10.2. The number of nitrogens with one attached hydrogen (secondary N) is 2. The minimum Gasteiger partial charge on any atom is -0.356 e. The normalized spacial score (nSPS) is 15.8. The van der Waals surface area contributed by atoms with Crippen molar-refractivity contribution < 1.29 is 0 Å². The van der Waals surface area contributed by atoms with Crippen molar-refractivity contribution >= 4 is 53.0 Å². The first kappa shape index (κ1) is 25.5. The van der Waals surface area contributed by atoms with E-state index in [1.165, 1.54) is 35.4 Å². The number of guanidine groups is 1. The SMILES string of the molecule is CN=C(NCCCc1nnc(SC)n1C1CCCC1)NC(C)Cc1ccc(C)s1.I. The fourth-order valence-corrected chi connectivity index (χ4v) is 5.57. The second kappa shape index (κ2) is 12.9. The summed E-state index contributed by atoms with van der Waals surface area (Å²) >= 11 is 3.57. The van der Waals surface area contributed by atoms with Crippen LogP contribution in [0.3, 0.4) is 0 Å². The van der Waals surface area contributed by atoms with Crippen molar-refractivity contribution in [3.8, 4) is 0 Å². The lowest BCUT2D eigenvalue weighted by Crippen LogP contribution is -2.43. The molecule has 1 aliphatic carbocycles. The molecular formula is C21H35IN6S2. The number of hydrogen-bond acceptors (Lipinski definition) is 5. The van der Waals surface area contributed by atoms with Gasteiger partial charge in [0.1, 0.15) is 5.82 Å². The maximum Gasteiger partial charge on any atom is 0.191 e. The molecule has 3 rings (SSSR count). The van der Waals surface area contributed by atoms with Gasteiger partial charge < -0.3 is 15.2 Å². The van der Waals surface area contributed by atoms with Gasteiger partial charge in [0.2, 0.25) is 0 Å². The third-order valence-corrected chi connectivity index (χ3v) is 7.05. The van der Waals surface area contributed by atoms with Crippen LogP contribution in [0.5, 0.6) is 0 Å². The number of aryl methyl sites for hydroxylation is 2. The van der Waals surface area contributed by atoms with Crippen LogP contribution in [0.25, 0.3) is 0 Å². The van der Waals surface area contributed by atoms with E-state index in [1.807, 2.05) is 18.4 Å². The van der Waals surface area contributed by atoms with Gasteiger partial charge in [-0.3, -0.25) is 4.99 Å². The van der Waals surface area contributed by atoms with Crippen molar-refractivity contribution in [2.45, 2.75) is 76.0 Å². The molecule has 0 amide bonds. The molecule has 1 fully saturated rings. The lowest BCUT2D eigenvalue weighted by atomic mass is 10.2. The second-order valence-electron chi connectivity index (χ2n) is 7.78. The van der Waals surface area contributed by atoms with E-state index in [0.29, 0.717) is 12.1 Å². The van der Waals surface area contributed by atoms with Crippen LogP contribution in [0.1, 0.15) is 60.6 Å². The highest BCUT2D eigenvalue weighted by molar-refractivity contribution is 14.0. The molecule has 0 radical (unpaired) electrons. The van der Waals surface area contributed by atoms with E-state index in [4.69, 9.17) is 0 Å². The largest absolute Gasteiger partial charge is 0.356 e. The Hall–Kier alpha value is -0.810. The van der Waals surface area contributed by atoms with Crippen molar-refractivity contribution in [1.29, 1.82) is 0 Å². The van der Waals surface area contributed by atoms with Gasteiger partial charge in [-0.2, -0.15) is 0 Å². The Morgan fingerprint density at radius 2 is 2.10 bits per heavy atom. The van der Waals surface area contributed by atoms with Gasteiger partial charge in [-0.05, 0) is 51.5 Å². The number of nitrogens with zero attached hydrogens (tertiary/aromatic N) is 4.